The van der Waals surface area contributed by atoms with Gasteiger partial charge in [-0.1, -0.05) is 43.9 Å². The smallest absolute Gasteiger partial charge is 0.224 e. The van der Waals surface area contributed by atoms with Crippen LogP contribution in [0.5, 0.6) is 0 Å². The molecule has 3 heteroatoms. The molecule has 1 saturated carbocycles. The normalized spacial score (nSPS) is 15.5. The van der Waals surface area contributed by atoms with Crippen LogP contribution < -0.4 is 4.57 Å². The van der Waals surface area contributed by atoms with Gasteiger partial charge in [-0.3, -0.25) is 4.40 Å². The molecule has 0 aliphatic heterocycles. The fourth-order valence-electron chi connectivity index (χ4n) is 6.25. The molecule has 0 saturated heterocycles. The average Bonchev–Trinajstić information content (AvgIpc) is 3.40. The summed E-state index contributed by atoms with van der Waals surface area (Å²) >= 11 is 0. The van der Waals surface area contributed by atoms with E-state index in [9.17, 15) is 0 Å². The molecule has 31 heavy (non-hydrogen) atoms. The molecule has 4 heterocycles. The fourth-order valence-corrected chi connectivity index (χ4v) is 6.25. The van der Waals surface area contributed by atoms with Crippen molar-refractivity contribution in [1.29, 1.82) is 0 Å². The van der Waals surface area contributed by atoms with Crippen molar-refractivity contribution < 1.29 is 4.57 Å². The van der Waals surface area contributed by atoms with E-state index in [0.29, 0.717) is 0 Å². The number of hydrogen-bond donors (Lipinski definition) is 0. The van der Waals surface area contributed by atoms with E-state index in [1.54, 1.807) is 0 Å². The van der Waals surface area contributed by atoms with Crippen LogP contribution in [0.4, 0.5) is 0 Å². The van der Waals surface area contributed by atoms with Gasteiger partial charge in [-0.15, -0.1) is 0 Å². The highest BCUT2D eigenvalue weighted by molar-refractivity contribution is 6.25. The first-order chi connectivity index (χ1) is 15.2. The van der Waals surface area contributed by atoms with Gasteiger partial charge in [-0.2, -0.15) is 0 Å². The van der Waals surface area contributed by atoms with Crippen molar-refractivity contribution in [3.63, 3.8) is 0 Å². The second-order valence-corrected chi connectivity index (χ2v) is 9.57. The van der Waals surface area contributed by atoms with E-state index in [2.05, 4.69) is 71.6 Å². The molecule has 3 nitrogen and oxygen atoms in total. The van der Waals surface area contributed by atoms with Gasteiger partial charge >= 0.3 is 0 Å². The molecule has 1 aliphatic rings. The minimum absolute atomic E-state index is 0.835. The van der Waals surface area contributed by atoms with Crippen LogP contribution in [-0.4, -0.2) is 9.38 Å². The lowest BCUT2D eigenvalue weighted by Gasteiger charge is -2.15. The van der Waals surface area contributed by atoms with Crippen molar-refractivity contribution in [2.45, 2.75) is 39.0 Å². The summed E-state index contributed by atoms with van der Waals surface area (Å²) in [6.45, 7) is 2.24. The summed E-state index contributed by atoms with van der Waals surface area (Å²) in [7, 11) is 2.18. The second-order valence-electron chi connectivity index (χ2n) is 9.57. The second kappa shape index (κ2) is 6.16. The molecular formula is C28H26N3+. The van der Waals surface area contributed by atoms with Gasteiger partial charge in [-0.05, 0) is 54.0 Å². The number of aryl methyl sites for hydroxylation is 2. The summed E-state index contributed by atoms with van der Waals surface area (Å²) < 4.78 is 4.75. The van der Waals surface area contributed by atoms with E-state index in [0.717, 1.165) is 11.6 Å². The van der Waals surface area contributed by atoms with Crippen molar-refractivity contribution in [3.05, 3.63) is 66.0 Å². The Morgan fingerprint density at radius 1 is 1.03 bits per heavy atom. The number of pyridine rings is 3. The first kappa shape index (κ1) is 17.5. The lowest BCUT2D eigenvalue weighted by Crippen LogP contribution is -2.29. The van der Waals surface area contributed by atoms with Crippen LogP contribution in [0.3, 0.4) is 0 Å². The van der Waals surface area contributed by atoms with Gasteiger partial charge in [0.05, 0.1) is 21.8 Å². The van der Waals surface area contributed by atoms with Crippen molar-refractivity contribution in [2.75, 3.05) is 0 Å². The lowest BCUT2D eigenvalue weighted by molar-refractivity contribution is -0.643. The van der Waals surface area contributed by atoms with E-state index in [4.69, 9.17) is 4.98 Å². The SMILES string of the molecule is Cc1ccc2c3cccnc3n3c4cc(CC5CCCC5)cc5cc[n+](C)c(c1c23)c54. The molecule has 1 fully saturated rings. The number of benzene rings is 2. The Hall–Kier alpha value is -3.20. The minimum atomic E-state index is 0.835. The van der Waals surface area contributed by atoms with Gasteiger partial charge < -0.3 is 0 Å². The highest BCUT2D eigenvalue weighted by Gasteiger charge is 2.25. The fraction of sp³-hybridized carbons (Fsp3) is 0.286. The molecule has 7 rings (SSSR count). The van der Waals surface area contributed by atoms with Crippen molar-refractivity contribution in [1.82, 2.24) is 9.38 Å². The Morgan fingerprint density at radius 3 is 2.77 bits per heavy atom. The van der Waals surface area contributed by atoms with Gasteiger partial charge in [0.1, 0.15) is 12.7 Å². The summed E-state index contributed by atoms with van der Waals surface area (Å²) in [5, 5.41) is 6.58. The Labute approximate surface area is 181 Å². The quantitative estimate of drug-likeness (QED) is 0.190. The molecule has 4 aromatic heterocycles. The predicted octanol–water partition coefficient (Wildman–Crippen LogP) is 6.25. The molecule has 0 atom stereocenters. The van der Waals surface area contributed by atoms with E-state index in [1.807, 2.05) is 6.20 Å². The van der Waals surface area contributed by atoms with E-state index < -0.39 is 0 Å². The maximum atomic E-state index is 4.87. The molecule has 0 bridgehead atoms. The number of fused-ring (bicyclic) bond motifs is 5. The zero-order chi connectivity index (χ0) is 20.7. The van der Waals surface area contributed by atoms with Gasteiger partial charge in [0.2, 0.25) is 5.52 Å². The van der Waals surface area contributed by atoms with E-state index >= 15 is 0 Å². The first-order valence-electron chi connectivity index (χ1n) is 11.6. The number of rotatable bonds is 2. The molecule has 152 valence electrons. The molecular weight excluding hydrogens is 378 g/mol. The number of hydrogen-bond acceptors (Lipinski definition) is 1. The largest absolute Gasteiger partial charge is 0.292 e. The monoisotopic (exact) mass is 404 g/mol. The molecule has 0 spiro atoms. The number of aromatic nitrogens is 3. The number of nitrogens with zero attached hydrogens (tertiary/aromatic N) is 3. The first-order valence-corrected chi connectivity index (χ1v) is 11.6. The standard InChI is InChI=1S/C28H26N3/c1-17-9-10-21-22-8-5-12-29-28(22)31-23-16-19(14-18-6-3-4-7-18)15-20-11-13-30(2)27(25(20)23)24(17)26(21)31/h5,8-13,15-16,18H,3-4,6-7,14H2,1-2H3/q+1. The van der Waals surface area contributed by atoms with Crippen LogP contribution in [0.2, 0.25) is 0 Å². The Kier molecular flexibility index (Phi) is 3.47. The summed E-state index contributed by atoms with van der Waals surface area (Å²) in [4.78, 5) is 4.87. The highest BCUT2D eigenvalue weighted by Crippen LogP contribution is 2.40. The third kappa shape index (κ3) is 2.29. The van der Waals surface area contributed by atoms with Gasteiger partial charge in [0.15, 0.2) is 6.20 Å². The summed E-state index contributed by atoms with van der Waals surface area (Å²) in [5.41, 5.74) is 7.80. The van der Waals surface area contributed by atoms with Crippen LogP contribution in [-0.2, 0) is 13.5 Å². The average molecular weight is 405 g/mol. The van der Waals surface area contributed by atoms with Crippen molar-refractivity contribution in [3.8, 4) is 0 Å². The molecule has 0 N–H and O–H groups in total. The van der Waals surface area contributed by atoms with Crippen LogP contribution in [0.25, 0.3) is 49.1 Å². The zero-order valence-electron chi connectivity index (χ0n) is 18.2. The van der Waals surface area contributed by atoms with E-state index in [-0.39, 0.29) is 0 Å². The van der Waals surface area contributed by atoms with Crippen LogP contribution >= 0.6 is 0 Å². The maximum absolute atomic E-state index is 4.87. The third-order valence-electron chi connectivity index (χ3n) is 7.65. The van der Waals surface area contributed by atoms with Gasteiger partial charge in [0.25, 0.3) is 0 Å². The predicted molar refractivity (Wildman–Crippen MR) is 128 cm³/mol. The van der Waals surface area contributed by atoms with Crippen molar-refractivity contribution in [2.24, 2.45) is 13.0 Å². The molecule has 0 radical (unpaired) electrons. The molecule has 0 amide bonds. The highest BCUT2D eigenvalue weighted by atomic mass is 15.0. The van der Waals surface area contributed by atoms with Gasteiger partial charge in [0, 0.05) is 23.0 Å². The molecule has 6 aromatic rings. The van der Waals surface area contributed by atoms with Crippen LogP contribution in [0.15, 0.2) is 54.9 Å². The molecule has 0 unspecified atom stereocenters. The lowest BCUT2D eigenvalue weighted by atomic mass is 9.94. The Balaban J connectivity index is 1.73. The summed E-state index contributed by atoms with van der Waals surface area (Å²) in [6.07, 6.45) is 10.9. The third-order valence-corrected chi connectivity index (χ3v) is 7.65. The van der Waals surface area contributed by atoms with E-state index in [1.165, 1.54) is 86.7 Å². The minimum Gasteiger partial charge on any atom is -0.292 e. The summed E-state index contributed by atoms with van der Waals surface area (Å²) in [6, 6.07) is 16.0. The van der Waals surface area contributed by atoms with Crippen LogP contribution in [0, 0.1) is 12.8 Å². The van der Waals surface area contributed by atoms with Crippen LogP contribution in [0.1, 0.15) is 36.8 Å². The molecule has 2 aromatic carbocycles. The topological polar surface area (TPSA) is 21.2 Å². The van der Waals surface area contributed by atoms with Crippen molar-refractivity contribution >= 4 is 49.1 Å². The Bertz CT molecular complexity index is 1630. The molecule has 1 aliphatic carbocycles. The maximum Gasteiger partial charge on any atom is 0.224 e. The summed E-state index contributed by atoms with van der Waals surface area (Å²) in [5.74, 6) is 0.835. The zero-order valence-corrected chi connectivity index (χ0v) is 18.2. The Morgan fingerprint density at radius 2 is 1.90 bits per heavy atom. The van der Waals surface area contributed by atoms with Gasteiger partial charge in [-0.25, -0.2) is 9.55 Å².